The summed E-state index contributed by atoms with van der Waals surface area (Å²) in [5.41, 5.74) is 0. The van der Waals surface area contributed by atoms with Gasteiger partial charge in [-0.3, -0.25) is 9.59 Å². The molecule has 0 aromatic carbocycles. The first-order valence-corrected chi connectivity index (χ1v) is 12.8. The van der Waals surface area contributed by atoms with Crippen LogP contribution in [0, 0.1) is 35.5 Å². The molecule has 0 amide bonds. The van der Waals surface area contributed by atoms with Crippen molar-refractivity contribution in [2.45, 2.75) is 118 Å². The van der Waals surface area contributed by atoms with Crippen molar-refractivity contribution in [3.05, 3.63) is 0 Å². The molecule has 0 spiro atoms. The second-order valence-electron chi connectivity index (χ2n) is 11.4. The first-order chi connectivity index (χ1) is 16.2. The molecule has 0 aliphatic rings. The highest BCUT2D eigenvalue weighted by atomic mass is 19.4. The number of esters is 2. The van der Waals surface area contributed by atoms with Gasteiger partial charge in [-0.25, -0.2) is 0 Å². The Kier molecular flexibility index (Phi) is 14.4. The third-order valence-corrected chi connectivity index (χ3v) is 5.65. The summed E-state index contributed by atoms with van der Waals surface area (Å²) >= 11 is 0. The number of hydrogen-bond acceptors (Lipinski definition) is 4. The van der Waals surface area contributed by atoms with Gasteiger partial charge in [0, 0.05) is 11.8 Å². The first-order valence-electron chi connectivity index (χ1n) is 12.8. The average Bonchev–Trinajstić information content (AvgIpc) is 2.64. The van der Waals surface area contributed by atoms with Crippen molar-refractivity contribution < 1.29 is 45.4 Å². The van der Waals surface area contributed by atoms with Gasteiger partial charge < -0.3 is 9.47 Å². The lowest BCUT2D eigenvalue weighted by atomic mass is 9.85. The molecule has 0 fully saturated rings. The van der Waals surface area contributed by atoms with Gasteiger partial charge in [-0.05, 0) is 49.4 Å². The molecule has 2 unspecified atom stereocenters. The van der Waals surface area contributed by atoms with Crippen LogP contribution in [0.2, 0.25) is 0 Å². The van der Waals surface area contributed by atoms with E-state index >= 15 is 0 Å². The van der Waals surface area contributed by atoms with Crippen LogP contribution in [0.5, 0.6) is 0 Å². The van der Waals surface area contributed by atoms with Crippen molar-refractivity contribution in [2.75, 3.05) is 0 Å². The topological polar surface area (TPSA) is 52.6 Å². The number of alkyl halides is 6. The third-order valence-electron chi connectivity index (χ3n) is 5.65. The highest BCUT2D eigenvalue weighted by Gasteiger charge is 2.49. The lowest BCUT2D eigenvalue weighted by molar-refractivity contribution is -0.239. The van der Waals surface area contributed by atoms with Gasteiger partial charge in [0.15, 0.2) is 12.2 Å². The molecular formula is C26H44F6O4. The SMILES string of the molecule is CC(C)CC(CC(C)C)C(OC(=O)CCC(=O)OC(C(CC(C)C)CC(C)C)C(F)(F)F)C(F)(F)F. The summed E-state index contributed by atoms with van der Waals surface area (Å²) in [6.07, 6.45) is -15.2. The molecule has 0 aliphatic carbocycles. The van der Waals surface area contributed by atoms with E-state index < -0.39 is 61.2 Å². The Bertz CT molecular complexity index is 580. The van der Waals surface area contributed by atoms with Crippen LogP contribution in [0.25, 0.3) is 0 Å². The zero-order valence-electron chi connectivity index (χ0n) is 22.8. The Morgan fingerprint density at radius 1 is 0.528 bits per heavy atom. The Labute approximate surface area is 211 Å². The summed E-state index contributed by atoms with van der Waals surface area (Å²) in [5, 5.41) is 0. The van der Waals surface area contributed by atoms with E-state index in [-0.39, 0.29) is 49.4 Å². The highest BCUT2D eigenvalue weighted by molar-refractivity contribution is 5.77. The minimum atomic E-state index is -4.81. The standard InChI is InChI=1S/C26H44F6O4/c1-15(2)11-19(12-16(3)4)23(25(27,28)29)35-21(33)9-10-22(34)36-24(26(30,31)32)20(13-17(5)6)14-18(7)8/h15-20,23-24H,9-14H2,1-8H3. The Balaban J connectivity index is 5.40. The smallest absolute Gasteiger partial charge is 0.425 e. The zero-order chi connectivity index (χ0) is 28.4. The van der Waals surface area contributed by atoms with Crippen LogP contribution < -0.4 is 0 Å². The maximum atomic E-state index is 13.7. The average molecular weight is 535 g/mol. The van der Waals surface area contributed by atoms with Crippen LogP contribution in [0.4, 0.5) is 26.3 Å². The van der Waals surface area contributed by atoms with Crippen LogP contribution in [0.3, 0.4) is 0 Å². The monoisotopic (exact) mass is 534 g/mol. The molecule has 0 aromatic rings. The number of rotatable bonds is 15. The fourth-order valence-electron chi connectivity index (χ4n) is 4.57. The van der Waals surface area contributed by atoms with E-state index in [1.807, 2.05) is 0 Å². The summed E-state index contributed by atoms with van der Waals surface area (Å²) < 4.78 is 91.9. The minimum Gasteiger partial charge on any atom is -0.452 e. The van der Waals surface area contributed by atoms with Gasteiger partial charge in [0.05, 0.1) is 12.8 Å². The van der Waals surface area contributed by atoms with Crippen molar-refractivity contribution in [3.8, 4) is 0 Å². The van der Waals surface area contributed by atoms with Gasteiger partial charge >= 0.3 is 24.3 Å². The molecule has 2 atom stereocenters. The molecule has 0 N–H and O–H groups in total. The lowest BCUT2D eigenvalue weighted by Crippen LogP contribution is -2.42. The lowest BCUT2D eigenvalue weighted by Gasteiger charge is -2.31. The van der Waals surface area contributed by atoms with Gasteiger partial charge in [0.25, 0.3) is 0 Å². The van der Waals surface area contributed by atoms with Crippen molar-refractivity contribution >= 4 is 11.9 Å². The largest absolute Gasteiger partial charge is 0.452 e. The summed E-state index contributed by atoms with van der Waals surface area (Å²) in [5.74, 6) is -4.82. The number of halogens is 6. The summed E-state index contributed by atoms with van der Waals surface area (Å²) in [7, 11) is 0. The van der Waals surface area contributed by atoms with Crippen molar-refractivity contribution in [2.24, 2.45) is 35.5 Å². The van der Waals surface area contributed by atoms with Crippen LogP contribution in [-0.2, 0) is 19.1 Å². The van der Waals surface area contributed by atoms with Gasteiger partial charge in [-0.15, -0.1) is 0 Å². The van der Waals surface area contributed by atoms with E-state index in [9.17, 15) is 35.9 Å². The van der Waals surface area contributed by atoms with Crippen LogP contribution in [0.1, 0.15) is 93.9 Å². The maximum absolute atomic E-state index is 13.7. The second kappa shape index (κ2) is 15.1. The van der Waals surface area contributed by atoms with Gasteiger partial charge in [0.2, 0.25) is 0 Å². The number of carbonyl (C=O) groups is 2. The first kappa shape index (κ1) is 34.5. The van der Waals surface area contributed by atoms with Crippen molar-refractivity contribution in [1.29, 1.82) is 0 Å². The number of ether oxygens (including phenoxy) is 2. The maximum Gasteiger partial charge on any atom is 0.425 e. The van der Waals surface area contributed by atoms with E-state index in [1.54, 1.807) is 55.4 Å². The zero-order valence-corrected chi connectivity index (χ0v) is 22.8. The molecule has 214 valence electrons. The fourth-order valence-corrected chi connectivity index (χ4v) is 4.57. The van der Waals surface area contributed by atoms with E-state index in [4.69, 9.17) is 9.47 Å². The van der Waals surface area contributed by atoms with E-state index in [0.717, 1.165) is 0 Å². The van der Waals surface area contributed by atoms with E-state index in [2.05, 4.69) is 0 Å². The van der Waals surface area contributed by atoms with Crippen molar-refractivity contribution in [1.82, 2.24) is 0 Å². The Morgan fingerprint density at radius 3 is 0.917 bits per heavy atom. The summed E-state index contributed by atoms with van der Waals surface area (Å²) in [6.45, 7) is 14.1. The molecule has 0 aliphatic heterocycles. The Hall–Kier alpha value is -1.48. The predicted molar refractivity (Wildman–Crippen MR) is 126 cm³/mol. The molecule has 0 bridgehead atoms. The molecule has 0 saturated heterocycles. The number of hydrogen-bond donors (Lipinski definition) is 0. The molecule has 0 saturated carbocycles. The van der Waals surface area contributed by atoms with E-state index in [1.165, 1.54) is 0 Å². The molecule has 0 heterocycles. The molecule has 0 radical (unpaired) electrons. The molecule has 0 rings (SSSR count). The summed E-state index contributed by atoms with van der Waals surface area (Å²) in [6, 6.07) is 0. The molecule has 4 nitrogen and oxygen atoms in total. The van der Waals surface area contributed by atoms with Crippen molar-refractivity contribution in [3.63, 3.8) is 0 Å². The Morgan fingerprint density at radius 2 is 0.750 bits per heavy atom. The van der Waals surface area contributed by atoms with E-state index in [0.29, 0.717) is 0 Å². The molecule has 0 aromatic heterocycles. The summed E-state index contributed by atoms with van der Waals surface area (Å²) in [4.78, 5) is 24.5. The van der Waals surface area contributed by atoms with Gasteiger partial charge in [0.1, 0.15) is 0 Å². The van der Waals surface area contributed by atoms with Crippen LogP contribution in [-0.4, -0.2) is 36.5 Å². The van der Waals surface area contributed by atoms with Crippen LogP contribution in [0.15, 0.2) is 0 Å². The fraction of sp³-hybridized carbons (Fsp3) is 0.923. The molecule has 10 heteroatoms. The second-order valence-corrected chi connectivity index (χ2v) is 11.4. The minimum absolute atomic E-state index is 0.0730. The highest BCUT2D eigenvalue weighted by Crippen LogP contribution is 2.37. The third kappa shape index (κ3) is 14.3. The predicted octanol–water partition coefficient (Wildman–Crippen LogP) is 8.13. The molecule has 36 heavy (non-hydrogen) atoms. The quantitative estimate of drug-likeness (QED) is 0.157. The van der Waals surface area contributed by atoms with Gasteiger partial charge in [-0.2, -0.15) is 26.3 Å². The molecular weight excluding hydrogens is 490 g/mol. The van der Waals surface area contributed by atoms with Gasteiger partial charge in [-0.1, -0.05) is 55.4 Å². The normalized spacial score (nSPS) is 14.9. The van der Waals surface area contributed by atoms with Crippen LogP contribution >= 0.6 is 0 Å². The number of carbonyl (C=O) groups excluding carboxylic acids is 2.